The molecule has 2 N–H and O–H groups in total. The van der Waals surface area contributed by atoms with E-state index in [1.165, 1.54) is 12.1 Å². The van der Waals surface area contributed by atoms with E-state index in [2.05, 4.69) is 9.71 Å². The van der Waals surface area contributed by atoms with Crippen LogP contribution in [0.15, 0.2) is 24.3 Å². The maximum atomic E-state index is 13.6. The molecule has 5 nitrogen and oxygen atoms in total. The summed E-state index contributed by atoms with van der Waals surface area (Å²) in [6, 6.07) is 4.65. The van der Waals surface area contributed by atoms with Crippen LogP contribution in [0, 0.1) is 5.82 Å². The molecule has 0 bridgehead atoms. The van der Waals surface area contributed by atoms with Gasteiger partial charge in [-0.3, -0.25) is 0 Å². The molecule has 170 valence electrons. The lowest BCUT2D eigenvalue weighted by Crippen LogP contribution is -2.50. The maximum Gasteiger partial charge on any atom is 0.420 e. The predicted molar refractivity (Wildman–Crippen MR) is 110 cm³/mol. The molecule has 0 saturated carbocycles. The monoisotopic (exact) mass is 480 g/mol. The normalized spacial score (nSPS) is 20.9. The van der Waals surface area contributed by atoms with Crippen LogP contribution in [0.2, 0.25) is 5.02 Å². The highest BCUT2D eigenvalue weighted by atomic mass is 35.5. The van der Waals surface area contributed by atoms with Crippen molar-refractivity contribution < 1.29 is 32.0 Å². The zero-order valence-electron chi connectivity index (χ0n) is 17.1. The van der Waals surface area contributed by atoms with Crippen LogP contribution in [0.1, 0.15) is 45.1 Å². The van der Waals surface area contributed by atoms with Gasteiger partial charge >= 0.3 is 6.18 Å². The summed E-state index contributed by atoms with van der Waals surface area (Å²) < 4.78 is 74.0. The van der Waals surface area contributed by atoms with Crippen molar-refractivity contribution >= 4 is 23.0 Å². The van der Waals surface area contributed by atoms with Crippen LogP contribution in [-0.2, 0) is 16.9 Å². The van der Waals surface area contributed by atoms with Crippen LogP contribution in [0.4, 0.5) is 17.6 Å². The number of ether oxygens (including phenoxy) is 1. The lowest BCUT2D eigenvalue weighted by molar-refractivity contribution is -0.207. The molecule has 11 heteroatoms. The summed E-state index contributed by atoms with van der Waals surface area (Å²) in [4.78, 5) is 3.97. The van der Waals surface area contributed by atoms with E-state index in [4.69, 9.17) is 16.3 Å². The van der Waals surface area contributed by atoms with Crippen molar-refractivity contribution in [1.82, 2.24) is 9.71 Å². The molecule has 3 atom stereocenters. The Morgan fingerprint density at radius 3 is 2.48 bits per heavy atom. The Morgan fingerprint density at radius 1 is 1.29 bits per heavy atom. The van der Waals surface area contributed by atoms with Gasteiger partial charge in [-0.25, -0.2) is 9.37 Å². The van der Waals surface area contributed by atoms with Crippen LogP contribution in [0.3, 0.4) is 0 Å². The number of aliphatic hydroxyl groups is 1. The first-order valence-corrected chi connectivity index (χ1v) is 10.7. The number of aromatic nitrogens is 1. The molecular weight excluding hydrogens is 460 g/mol. The highest BCUT2D eigenvalue weighted by Gasteiger charge is 2.47. The average Bonchev–Trinajstić information content (AvgIpc) is 2.98. The first kappa shape index (κ1) is 24.1. The third-order valence-electron chi connectivity index (χ3n) is 4.75. The number of pyridine rings is 1. The van der Waals surface area contributed by atoms with Crippen molar-refractivity contribution in [2.45, 2.75) is 50.3 Å². The van der Waals surface area contributed by atoms with Gasteiger partial charge in [0.05, 0.1) is 10.7 Å². The molecule has 3 rings (SSSR count). The minimum Gasteiger partial charge on any atom is -0.598 e. The minimum absolute atomic E-state index is 0.0373. The maximum absolute atomic E-state index is 13.6. The molecule has 2 heterocycles. The summed E-state index contributed by atoms with van der Waals surface area (Å²) in [6.07, 6.45) is -7.82. The van der Waals surface area contributed by atoms with Crippen LogP contribution in [-0.4, -0.2) is 32.2 Å². The lowest BCUT2D eigenvalue weighted by Gasteiger charge is -2.31. The molecule has 0 saturated heterocycles. The van der Waals surface area contributed by atoms with Gasteiger partial charge < -0.3 is 14.4 Å². The zero-order chi connectivity index (χ0) is 23.4. The number of aliphatic hydroxyl groups excluding tert-OH is 1. The van der Waals surface area contributed by atoms with E-state index >= 15 is 0 Å². The van der Waals surface area contributed by atoms with Crippen molar-refractivity contribution in [2.24, 2.45) is 0 Å². The average molecular weight is 481 g/mol. The number of fused-ring (bicyclic) bond motifs is 1. The molecule has 1 aliphatic rings. The first-order valence-electron chi connectivity index (χ1n) is 9.21. The fourth-order valence-electron chi connectivity index (χ4n) is 2.99. The lowest BCUT2D eigenvalue weighted by atomic mass is 9.93. The summed E-state index contributed by atoms with van der Waals surface area (Å²) in [5, 5.41) is 9.60. The summed E-state index contributed by atoms with van der Waals surface area (Å²) in [5.41, 5.74) is -1.38. The second-order valence-corrected chi connectivity index (χ2v) is 10.8. The molecule has 0 radical (unpaired) electrons. The summed E-state index contributed by atoms with van der Waals surface area (Å²) in [5.74, 6) is -0.566. The number of halogens is 5. The van der Waals surface area contributed by atoms with E-state index in [1.54, 1.807) is 27.7 Å². The number of hydrogen-bond acceptors (Lipinski definition) is 5. The van der Waals surface area contributed by atoms with Gasteiger partial charge in [-0.1, -0.05) is 11.6 Å². The molecular formula is C20H21ClF4N2O3S. The van der Waals surface area contributed by atoms with Crippen LogP contribution in [0.5, 0.6) is 5.75 Å². The number of nitrogens with zero attached hydrogens (tertiary/aromatic N) is 1. The Bertz CT molecular complexity index is 1000. The van der Waals surface area contributed by atoms with Gasteiger partial charge in [-0.15, -0.1) is 4.72 Å². The summed E-state index contributed by atoms with van der Waals surface area (Å²) in [7, 11) is 0. The number of nitrogens with one attached hydrogen (secondary N) is 1. The van der Waals surface area contributed by atoms with E-state index in [1.807, 2.05) is 0 Å². The third-order valence-corrected chi connectivity index (χ3v) is 6.79. The van der Waals surface area contributed by atoms with Gasteiger partial charge in [0.2, 0.25) is 0 Å². The van der Waals surface area contributed by atoms with E-state index in [-0.39, 0.29) is 34.2 Å². The van der Waals surface area contributed by atoms with Gasteiger partial charge in [-0.2, -0.15) is 13.2 Å². The fraction of sp³-hybridized carbons (Fsp3) is 0.450. The van der Waals surface area contributed by atoms with Crippen molar-refractivity contribution in [2.75, 3.05) is 6.61 Å². The van der Waals surface area contributed by atoms with Gasteiger partial charge in [-0.05, 0) is 52.0 Å². The molecule has 0 fully saturated rings. The van der Waals surface area contributed by atoms with Gasteiger partial charge in [0, 0.05) is 22.5 Å². The fourth-order valence-corrected chi connectivity index (χ4v) is 4.06. The molecule has 2 aromatic rings. The van der Waals surface area contributed by atoms with Crippen LogP contribution >= 0.6 is 11.6 Å². The Labute approximate surface area is 185 Å². The third kappa shape index (κ3) is 4.78. The second-order valence-electron chi connectivity index (χ2n) is 8.45. The van der Waals surface area contributed by atoms with Gasteiger partial charge in [0.25, 0.3) is 0 Å². The predicted octanol–water partition coefficient (Wildman–Crippen LogP) is 4.80. The molecule has 0 aliphatic carbocycles. The number of rotatable bonds is 4. The zero-order valence-corrected chi connectivity index (χ0v) is 18.7. The Kier molecular flexibility index (Phi) is 6.27. The smallest absolute Gasteiger partial charge is 0.420 e. The molecule has 1 aromatic heterocycles. The SMILES string of the molecule is CC1(N[S+]([O-])C(C)(C)C)COc2c1cc(C(O)C(F)(F)F)nc2-c1ccc(F)c(Cl)c1. The molecule has 0 amide bonds. The number of hydrogen-bond donors (Lipinski definition) is 2. The topological polar surface area (TPSA) is 77.4 Å². The van der Waals surface area contributed by atoms with E-state index < -0.39 is 45.4 Å². The Hall–Kier alpha value is -1.59. The standard InChI is InChI=1S/C20H21ClF4N2O3S/c1-18(2,3)31(29)27-19(4)9-30-16-11(19)8-14(17(28)20(23,24)25)26-15(16)10-5-6-13(22)12(21)7-10/h5-8,17,27-28H,9H2,1-4H3. The number of benzene rings is 1. The largest absolute Gasteiger partial charge is 0.598 e. The molecule has 0 spiro atoms. The molecule has 1 aromatic carbocycles. The van der Waals surface area contributed by atoms with Gasteiger partial charge in [0.1, 0.15) is 28.4 Å². The van der Waals surface area contributed by atoms with Crippen LogP contribution in [0.25, 0.3) is 11.3 Å². The number of alkyl halides is 3. The quantitative estimate of drug-likeness (QED) is 0.485. The minimum atomic E-state index is -4.96. The molecule has 1 aliphatic heterocycles. The van der Waals surface area contributed by atoms with E-state index in [0.717, 1.165) is 12.1 Å². The van der Waals surface area contributed by atoms with Crippen LogP contribution < -0.4 is 9.46 Å². The highest BCUT2D eigenvalue weighted by molar-refractivity contribution is 7.90. The highest BCUT2D eigenvalue weighted by Crippen LogP contribution is 2.46. The summed E-state index contributed by atoms with van der Waals surface area (Å²) >= 11 is 4.27. The Morgan fingerprint density at radius 2 is 1.94 bits per heavy atom. The Balaban J connectivity index is 2.20. The van der Waals surface area contributed by atoms with Crippen molar-refractivity contribution in [1.29, 1.82) is 0 Å². The molecule has 3 unspecified atom stereocenters. The summed E-state index contributed by atoms with van der Waals surface area (Å²) in [6.45, 7) is 6.82. The van der Waals surface area contributed by atoms with E-state index in [9.17, 15) is 27.2 Å². The molecule has 31 heavy (non-hydrogen) atoms. The van der Waals surface area contributed by atoms with Gasteiger partial charge in [0.15, 0.2) is 11.9 Å². The van der Waals surface area contributed by atoms with E-state index in [0.29, 0.717) is 0 Å². The second kappa shape index (κ2) is 8.08. The van der Waals surface area contributed by atoms with Crippen molar-refractivity contribution in [3.8, 4) is 17.0 Å². The first-order chi connectivity index (χ1) is 14.1. The van der Waals surface area contributed by atoms with Crippen molar-refractivity contribution in [3.63, 3.8) is 0 Å². The van der Waals surface area contributed by atoms with Crippen molar-refractivity contribution in [3.05, 3.63) is 46.4 Å².